The molecule has 114 valence electrons. The van der Waals surface area contributed by atoms with Crippen molar-refractivity contribution >= 4 is 8.32 Å². The molecule has 1 saturated carbocycles. The third-order valence-electron chi connectivity index (χ3n) is 5.21. The first-order chi connectivity index (χ1) is 8.71. The molecule has 0 bridgehead atoms. The van der Waals surface area contributed by atoms with Gasteiger partial charge in [-0.3, -0.25) is 0 Å². The molecule has 0 heterocycles. The molecule has 1 N–H and O–H groups in total. The predicted octanol–water partition coefficient (Wildman–Crippen LogP) is 4.59. The van der Waals surface area contributed by atoms with Crippen LogP contribution in [0, 0.1) is 11.8 Å². The second-order valence-electron chi connectivity index (χ2n) is 7.51. The summed E-state index contributed by atoms with van der Waals surface area (Å²) in [6.07, 6.45) is 1.95. The summed E-state index contributed by atoms with van der Waals surface area (Å²) in [6.45, 7) is 17.0. The van der Waals surface area contributed by atoms with Gasteiger partial charge in [-0.15, -0.1) is 0 Å². The lowest BCUT2D eigenvalue weighted by Gasteiger charge is -2.42. The van der Waals surface area contributed by atoms with E-state index in [2.05, 4.69) is 48.5 Å². The number of aliphatic hydroxyl groups excluding tert-OH is 1. The lowest BCUT2D eigenvalue weighted by Crippen LogP contribution is -2.48. The molecule has 0 aromatic rings. The normalized spacial score (nSPS) is 28.9. The van der Waals surface area contributed by atoms with Crippen molar-refractivity contribution in [1.82, 2.24) is 0 Å². The molecule has 1 rings (SSSR count). The van der Waals surface area contributed by atoms with E-state index in [1.807, 2.05) is 0 Å². The highest BCUT2D eigenvalue weighted by Gasteiger charge is 2.45. The molecule has 19 heavy (non-hydrogen) atoms. The minimum atomic E-state index is -1.72. The molecule has 0 unspecified atom stereocenters. The fraction of sp³-hybridized carbons (Fsp3) is 1.00. The van der Waals surface area contributed by atoms with Crippen LogP contribution in [0.2, 0.25) is 16.6 Å². The highest BCUT2D eigenvalue weighted by Crippen LogP contribution is 2.43. The maximum absolute atomic E-state index is 9.88. The lowest BCUT2D eigenvalue weighted by atomic mass is 10.1. The van der Waals surface area contributed by atoms with Crippen molar-refractivity contribution in [2.24, 2.45) is 11.8 Å². The van der Waals surface area contributed by atoms with Crippen LogP contribution in [-0.4, -0.2) is 26.1 Å². The molecule has 0 aromatic heterocycles. The van der Waals surface area contributed by atoms with Gasteiger partial charge in [0, 0.05) is 6.61 Å². The van der Waals surface area contributed by atoms with Crippen LogP contribution < -0.4 is 0 Å². The van der Waals surface area contributed by atoms with E-state index in [1.165, 1.54) is 0 Å². The van der Waals surface area contributed by atoms with Gasteiger partial charge in [-0.1, -0.05) is 48.5 Å². The van der Waals surface area contributed by atoms with Gasteiger partial charge >= 0.3 is 0 Å². The Bertz CT molecular complexity index is 244. The maximum Gasteiger partial charge on any atom is 0.200 e. The molecule has 1 aliphatic carbocycles. The van der Waals surface area contributed by atoms with Gasteiger partial charge in [-0.25, -0.2) is 0 Å². The summed E-state index contributed by atoms with van der Waals surface area (Å²) in [5.74, 6) is 1.01. The largest absolute Gasteiger partial charge is 0.416 e. The molecule has 3 atom stereocenters. The summed E-state index contributed by atoms with van der Waals surface area (Å²) in [7, 11) is -1.72. The van der Waals surface area contributed by atoms with Crippen molar-refractivity contribution in [2.75, 3.05) is 6.61 Å². The number of rotatable bonds is 6. The molecule has 3 heteroatoms. The molecule has 0 radical (unpaired) electrons. The van der Waals surface area contributed by atoms with E-state index in [0.717, 1.165) is 19.4 Å². The molecule has 0 aliphatic heterocycles. The van der Waals surface area contributed by atoms with Crippen LogP contribution in [0.25, 0.3) is 0 Å². The summed E-state index contributed by atoms with van der Waals surface area (Å²) >= 11 is 0. The Balaban J connectivity index is 2.69. The van der Waals surface area contributed by atoms with Crippen LogP contribution in [-0.2, 0) is 4.43 Å². The predicted molar refractivity (Wildman–Crippen MR) is 84.9 cm³/mol. The molecule has 0 aromatic carbocycles. The van der Waals surface area contributed by atoms with Crippen LogP contribution in [0.5, 0.6) is 0 Å². The van der Waals surface area contributed by atoms with E-state index in [1.54, 1.807) is 0 Å². The number of aliphatic hydroxyl groups is 1. The Morgan fingerprint density at radius 2 is 1.47 bits per heavy atom. The standard InChI is InChI=1S/C16H34O2Si/c1-11(2)19(12(3)4,13(5)6)18-10-15-8-14(7)16(17)9-15/h11-17H,8-10H2,1-7H3/t14-,15-,16-/m1/s1. The Kier molecular flexibility index (Phi) is 6.09. The summed E-state index contributed by atoms with van der Waals surface area (Å²) in [5, 5.41) is 9.88. The monoisotopic (exact) mass is 286 g/mol. The van der Waals surface area contributed by atoms with Crippen molar-refractivity contribution in [3.63, 3.8) is 0 Å². The van der Waals surface area contributed by atoms with Gasteiger partial charge in [0.15, 0.2) is 8.32 Å². The average Bonchev–Trinajstić information content (AvgIpc) is 2.57. The van der Waals surface area contributed by atoms with E-state index in [9.17, 15) is 5.11 Å². The first-order valence-electron chi connectivity index (χ1n) is 8.03. The smallest absolute Gasteiger partial charge is 0.200 e. The van der Waals surface area contributed by atoms with Gasteiger partial charge in [0.2, 0.25) is 0 Å². The first kappa shape index (κ1) is 17.2. The zero-order valence-corrected chi connectivity index (χ0v) is 14.9. The second-order valence-corrected chi connectivity index (χ2v) is 13.0. The van der Waals surface area contributed by atoms with Crippen molar-refractivity contribution in [3.05, 3.63) is 0 Å². The van der Waals surface area contributed by atoms with Crippen molar-refractivity contribution in [2.45, 2.75) is 84.0 Å². The third kappa shape index (κ3) is 3.62. The molecule has 1 fully saturated rings. The van der Waals surface area contributed by atoms with E-state index in [-0.39, 0.29) is 6.10 Å². The Hall–Kier alpha value is 0.137. The summed E-state index contributed by atoms with van der Waals surface area (Å²) < 4.78 is 6.62. The van der Waals surface area contributed by atoms with E-state index in [4.69, 9.17) is 4.43 Å². The van der Waals surface area contributed by atoms with Gasteiger partial charge in [-0.2, -0.15) is 0 Å². The number of hydrogen-bond donors (Lipinski definition) is 1. The van der Waals surface area contributed by atoms with Crippen molar-refractivity contribution in [3.8, 4) is 0 Å². The van der Waals surface area contributed by atoms with Crippen LogP contribution >= 0.6 is 0 Å². The zero-order valence-electron chi connectivity index (χ0n) is 13.9. The molecule has 2 nitrogen and oxygen atoms in total. The molecular weight excluding hydrogens is 252 g/mol. The fourth-order valence-corrected chi connectivity index (χ4v) is 9.78. The van der Waals surface area contributed by atoms with Crippen molar-refractivity contribution in [1.29, 1.82) is 0 Å². The highest BCUT2D eigenvalue weighted by molar-refractivity contribution is 6.77. The highest BCUT2D eigenvalue weighted by atomic mass is 28.4. The summed E-state index contributed by atoms with van der Waals surface area (Å²) in [5.41, 5.74) is 1.95. The molecule has 0 spiro atoms. The lowest BCUT2D eigenvalue weighted by molar-refractivity contribution is 0.135. The van der Waals surface area contributed by atoms with Gasteiger partial charge < -0.3 is 9.53 Å². The molecular formula is C16H34O2Si. The maximum atomic E-state index is 9.88. The number of hydrogen-bond acceptors (Lipinski definition) is 2. The SMILES string of the molecule is CC(C)[Si](OC[C@@H]1C[C@@H](C)[C@H](O)C1)(C(C)C)C(C)C. The van der Waals surface area contributed by atoms with Crippen LogP contribution in [0.15, 0.2) is 0 Å². The van der Waals surface area contributed by atoms with Crippen molar-refractivity contribution < 1.29 is 9.53 Å². The molecule has 0 amide bonds. The first-order valence-corrected chi connectivity index (χ1v) is 10.2. The quantitative estimate of drug-likeness (QED) is 0.724. The Labute approximate surface area is 121 Å². The average molecular weight is 287 g/mol. The van der Waals surface area contributed by atoms with Crippen LogP contribution in [0.3, 0.4) is 0 Å². The minimum Gasteiger partial charge on any atom is -0.416 e. The fourth-order valence-electron chi connectivity index (χ4n) is 4.25. The Morgan fingerprint density at radius 1 is 1.00 bits per heavy atom. The van der Waals surface area contributed by atoms with E-state index < -0.39 is 8.32 Å². The summed E-state index contributed by atoms with van der Waals surface area (Å²) in [6, 6.07) is 0. The van der Waals surface area contributed by atoms with Gasteiger partial charge in [0.05, 0.1) is 6.10 Å². The van der Waals surface area contributed by atoms with Gasteiger partial charge in [0.25, 0.3) is 0 Å². The third-order valence-corrected chi connectivity index (χ3v) is 11.3. The zero-order chi connectivity index (χ0) is 14.8. The topological polar surface area (TPSA) is 29.5 Å². The summed E-state index contributed by atoms with van der Waals surface area (Å²) in [4.78, 5) is 0. The van der Waals surface area contributed by atoms with Crippen LogP contribution in [0.1, 0.15) is 61.3 Å². The van der Waals surface area contributed by atoms with E-state index >= 15 is 0 Å². The molecule has 1 aliphatic rings. The van der Waals surface area contributed by atoms with Gasteiger partial charge in [-0.05, 0) is 41.3 Å². The molecule has 0 saturated heterocycles. The van der Waals surface area contributed by atoms with Gasteiger partial charge in [0.1, 0.15) is 0 Å². The van der Waals surface area contributed by atoms with E-state index in [0.29, 0.717) is 28.5 Å². The second kappa shape index (κ2) is 6.73. The Morgan fingerprint density at radius 3 is 1.79 bits per heavy atom. The minimum absolute atomic E-state index is 0.109. The van der Waals surface area contributed by atoms with Crippen LogP contribution in [0.4, 0.5) is 0 Å².